The molecule has 7 nitrogen and oxygen atoms in total. The number of methoxy groups -OCH3 is 1. The second-order valence-electron chi connectivity index (χ2n) is 6.10. The fourth-order valence-corrected chi connectivity index (χ4v) is 2.92. The molecule has 1 heterocycles. The largest absolute Gasteiger partial charge is 0.495 e. The molecule has 3 rings (SSSR count). The first-order valence-electron chi connectivity index (χ1n) is 8.53. The van der Waals surface area contributed by atoms with E-state index in [-0.39, 0.29) is 18.9 Å². The normalized spacial score (nSPS) is 16.1. The first kappa shape index (κ1) is 18.4. The van der Waals surface area contributed by atoms with E-state index >= 15 is 0 Å². The van der Waals surface area contributed by atoms with Crippen LogP contribution in [0, 0.1) is 5.92 Å². The van der Waals surface area contributed by atoms with Gasteiger partial charge >= 0.3 is 5.97 Å². The minimum absolute atomic E-state index is 0.0389. The molecule has 2 aromatic carbocycles. The average molecular weight is 368 g/mol. The molecule has 1 N–H and O–H groups in total. The molecule has 0 saturated carbocycles. The second kappa shape index (κ2) is 8.35. The molecule has 27 heavy (non-hydrogen) atoms. The lowest BCUT2D eigenvalue weighted by atomic mass is 10.1. The maximum absolute atomic E-state index is 12.3. The lowest BCUT2D eigenvalue weighted by Crippen LogP contribution is -2.28. The number of ether oxygens (including phenoxy) is 2. The Kier molecular flexibility index (Phi) is 5.71. The van der Waals surface area contributed by atoms with Crippen LogP contribution in [0.4, 0.5) is 11.4 Å². The van der Waals surface area contributed by atoms with Crippen molar-refractivity contribution in [3.05, 3.63) is 54.6 Å². The van der Waals surface area contributed by atoms with Crippen molar-refractivity contribution in [2.45, 2.75) is 6.42 Å². The van der Waals surface area contributed by atoms with Gasteiger partial charge in [-0.2, -0.15) is 0 Å². The number of hydrogen-bond donors (Lipinski definition) is 1. The summed E-state index contributed by atoms with van der Waals surface area (Å²) in [7, 11) is 1.52. The van der Waals surface area contributed by atoms with E-state index in [2.05, 4.69) is 5.32 Å². The van der Waals surface area contributed by atoms with Crippen molar-refractivity contribution in [3.63, 3.8) is 0 Å². The Morgan fingerprint density at radius 2 is 1.81 bits per heavy atom. The number of carbonyl (C=O) groups excluding carboxylic acids is 3. The average Bonchev–Trinajstić information content (AvgIpc) is 3.08. The summed E-state index contributed by atoms with van der Waals surface area (Å²) in [6, 6.07) is 16.0. The standard InChI is InChI=1S/C20H20N2O5/c1-26-17-10-6-5-9-16(17)22-12-14(11-19(22)24)20(25)27-13-18(23)21-15-7-3-2-4-8-15/h2-10,14H,11-13H2,1H3,(H,21,23)/t14-/m1/s1. The van der Waals surface area contributed by atoms with E-state index in [4.69, 9.17) is 9.47 Å². The first-order valence-corrected chi connectivity index (χ1v) is 8.53. The summed E-state index contributed by atoms with van der Waals surface area (Å²) < 4.78 is 10.4. The van der Waals surface area contributed by atoms with E-state index < -0.39 is 24.4 Å². The molecule has 0 radical (unpaired) electrons. The van der Waals surface area contributed by atoms with Crippen molar-refractivity contribution >= 4 is 29.2 Å². The molecule has 2 amide bonds. The van der Waals surface area contributed by atoms with E-state index in [0.717, 1.165) is 0 Å². The molecule has 2 aromatic rings. The number of anilines is 2. The highest BCUT2D eigenvalue weighted by molar-refractivity contribution is 6.01. The van der Waals surface area contributed by atoms with E-state index in [1.807, 2.05) is 6.07 Å². The van der Waals surface area contributed by atoms with Gasteiger partial charge < -0.3 is 19.7 Å². The number of hydrogen-bond acceptors (Lipinski definition) is 5. The topological polar surface area (TPSA) is 84.9 Å². The minimum atomic E-state index is -0.619. The molecule has 1 fully saturated rings. The summed E-state index contributed by atoms with van der Waals surface area (Å²) in [5.41, 5.74) is 1.24. The van der Waals surface area contributed by atoms with Gasteiger partial charge in [0.1, 0.15) is 5.75 Å². The van der Waals surface area contributed by atoms with Crippen molar-refractivity contribution in [2.75, 3.05) is 30.5 Å². The van der Waals surface area contributed by atoms with Crippen molar-refractivity contribution in [3.8, 4) is 5.75 Å². The number of carbonyl (C=O) groups is 3. The predicted molar refractivity (Wildman–Crippen MR) is 99.5 cm³/mol. The van der Waals surface area contributed by atoms with Gasteiger partial charge in [-0.05, 0) is 24.3 Å². The van der Waals surface area contributed by atoms with Crippen molar-refractivity contribution in [1.82, 2.24) is 0 Å². The highest BCUT2D eigenvalue weighted by atomic mass is 16.5. The highest BCUT2D eigenvalue weighted by Crippen LogP contribution is 2.33. The Bertz CT molecular complexity index is 837. The molecule has 0 unspecified atom stereocenters. The Balaban J connectivity index is 1.55. The lowest BCUT2D eigenvalue weighted by Gasteiger charge is -2.19. The van der Waals surface area contributed by atoms with Crippen LogP contribution in [0.3, 0.4) is 0 Å². The first-order chi connectivity index (χ1) is 13.1. The molecule has 1 atom stereocenters. The second-order valence-corrected chi connectivity index (χ2v) is 6.10. The molecule has 0 spiro atoms. The van der Waals surface area contributed by atoms with Gasteiger partial charge in [0.15, 0.2) is 6.61 Å². The summed E-state index contributed by atoms with van der Waals surface area (Å²) in [5, 5.41) is 2.64. The zero-order valence-corrected chi connectivity index (χ0v) is 14.9. The quantitative estimate of drug-likeness (QED) is 0.791. The van der Waals surface area contributed by atoms with Crippen LogP contribution in [0.25, 0.3) is 0 Å². The van der Waals surface area contributed by atoms with Crippen LogP contribution in [0.15, 0.2) is 54.6 Å². The van der Waals surface area contributed by atoms with Crippen LogP contribution in [-0.4, -0.2) is 38.0 Å². The lowest BCUT2D eigenvalue weighted by molar-refractivity contribution is -0.151. The number of para-hydroxylation sites is 3. The molecule has 1 saturated heterocycles. The van der Waals surface area contributed by atoms with E-state index in [0.29, 0.717) is 17.1 Å². The summed E-state index contributed by atoms with van der Waals surface area (Å²) in [5.74, 6) is -1.24. The number of benzene rings is 2. The summed E-state index contributed by atoms with van der Waals surface area (Å²) in [6.45, 7) is -0.203. The number of esters is 1. The number of nitrogens with one attached hydrogen (secondary N) is 1. The minimum Gasteiger partial charge on any atom is -0.495 e. The molecule has 0 aliphatic carbocycles. The van der Waals surface area contributed by atoms with Gasteiger partial charge in [-0.3, -0.25) is 14.4 Å². The highest BCUT2D eigenvalue weighted by Gasteiger charge is 2.37. The molecular weight excluding hydrogens is 348 g/mol. The van der Waals surface area contributed by atoms with Crippen LogP contribution in [0.5, 0.6) is 5.75 Å². The number of rotatable bonds is 6. The molecule has 1 aliphatic heterocycles. The zero-order valence-electron chi connectivity index (χ0n) is 14.9. The van der Waals surface area contributed by atoms with Crippen molar-refractivity contribution < 1.29 is 23.9 Å². The fourth-order valence-electron chi connectivity index (χ4n) is 2.92. The molecule has 1 aliphatic rings. The zero-order chi connectivity index (χ0) is 19.2. The van der Waals surface area contributed by atoms with E-state index in [1.165, 1.54) is 12.0 Å². The third-order valence-corrected chi connectivity index (χ3v) is 4.24. The monoisotopic (exact) mass is 368 g/mol. The van der Waals surface area contributed by atoms with Crippen LogP contribution < -0.4 is 15.0 Å². The SMILES string of the molecule is COc1ccccc1N1C[C@H](C(=O)OCC(=O)Nc2ccccc2)CC1=O. The van der Waals surface area contributed by atoms with Crippen molar-refractivity contribution in [2.24, 2.45) is 5.92 Å². The fraction of sp³-hybridized carbons (Fsp3) is 0.250. The van der Waals surface area contributed by atoms with Gasteiger partial charge in [-0.25, -0.2) is 0 Å². The summed E-state index contributed by atoms with van der Waals surface area (Å²) in [6.07, 6.45) is 0.0389. The maximum atomic E-state index is 12.3. The van der Waals surface area contributed by atoms with Crippen LogP contribution >= 0.6 is 0 Å². The van der Waals surface area contributed by atoms with Crippen molar-refractivity contribution in [1.29, 1.82) is 0 Å². The Morgan fingerprint density at radius 1 is 1.11 bits per heavy atom. The van der Waals surface area contributed by atoms with Crippen LogP contribution in [-0.2, 0) is 19.1 Å². The number of amides is 2. The van der Waals surface area contributed by atoms with Gasteiger partial charge in [0, 0.05) is 18.7 Å². The molecule has 140 valence electrons. The van der Waals surface area contributed by atoms with Gasteiger partial charge in [-0.15, -0.1) is 0 Å². The summed E-state index contributed by atoms with van der Waals surface area (Å²) in [4.78, 5) is 38.0. The van der Waals surface area contributed by atoms with E-state index in [1.54, 1.807) is 48.5 Å². The third kappa shape index (κ3) is 4.44. The van der Waals surface area contributed by atoms with Gasteiger partial charge in [0.2, 0.25) is 5.91 Å². The van der Waals surface area contributed by atoms with Crippen LogP contribution in [0.1, 0.15) is 6.42 Å². The molecule has 0 bridgehead atoms. The van der Waals surface area contributed by atoms with Crippen LogP contribution in [0.2, 0.25) is 0 Å². The molecule has 0 aromatic heterocycles. The van der Waals surface area contributed by atoms with Gasteiger partial charge in [0.25, 0.3) is 5.91 Å². The Morgan fingerprint density at radius 3 is 2.56 bits per heavy atom. The maximum Gasteiger partial charge on any atom is 0.311 e. The summed E-state index contributed by atoms with van der Waals surface area (Å²) >= 11 is 0. The van der Waals surface area contributed by atoms with Gasteiger partial charge in [0.05, 0.1) is 18.7 Å². The molecular formula is C20H20N2O5. The number of nitrogens with zero attached hydrogens (tertiary/aromatic N) is 1. The van der Waals surface area contributed by atoms with Gasteiger partial charge in [-0.1, -0.05) is 30.3 Å². The Hall–Kier alpha value is -3.35. The third-order valence-electron chi connectivity index (χ3n) is 4.24. The smallest absolute Gasteiger partial charge is 0.311 e. The Labute approximate surface area is 156 Å². The molecule has 7 heteroatoms. The van der Waals surface area contributed by atoms with E-state index in [9.17, 15) is 14.4 Å². The predicted octanol–water partition coefficient (Wildman–Crippen LogP) is 2.23.